The summed E-state index contributed by atoms with van der Waals surface area (Å²) in [6.45, 7) is 3.82. The lowest BCUT2D eigenvalue weighted by atomic mass is 9.78. The van der Waals surface area contributed by atoms with Gasteiger partial charge in [0.1, 0.15) is 11.6 Å². The first kappa shape index (κ1) is 16.5. The first-order chi connectivity index (χ1) is 9.91. The van der Waals surface area contributed by atoms with Crippen molar-refractivity contribution in [3.63, 3.8) is 0 Å². The van der Waals surface area contributed by atoms with E-state index in [2.05, 4.69) is 5.32 Å². The third-order valence-electron chi connectivity index (χ3n) is 4.69. The van der Waals surface area contributed by atoms with E-state index in [0.717, 1.165) is 32.1 Å². The van der Waals surface area contributed by atoms with E-state index in [1.165, 1.54) is 0 Å². The molecule has 0 aromatic rings. The van der Waals surface area contributed by atoms with E-state index >= 15 is 0 Å². The zero-order chi connectivity index (χ0) is 15.6. The summed E-state index contributed by atoms with van der Waals surface area (Å²) in [5, 5.41) is 3.01. The van der Waals surface area contributed by atoms with Crippen LogP contribution in [0, 0.1) is 0 Å². The van der Waals surface area contributed by atoms with Gasteiger partial charge in [0.15, 0.2) is 0 Å². The van der Waals surface area contributed by atoms with Gasteiger partial charge in [-0.3, -0.25) is 13.8 Å². The molecule has 1 N–H and O–H groups in total. The van der Waals surface area contributed by atoms with Gasteiger partial charge in [-0.25, -0.2) is 0 Å². The molecule has 6 heteroatoms. The summed E-state index contributed by atoms with van der Waals surface area (Å²) in [5.74, 6) is 0.408. The van der Waals surface area contributed by atoms with E-state index in [1.54, 1.807) is 11.2 Å². The van der Waals surface area contributed by atoms with Gasteiger partial charge < -0.3 is 10.2 Å². The molecule has 1 saturated heterocycles. The van der Waals surface area contributed by atoms with Crippen molar-refractivity contribution in [3.05, 3.63) is 0 Å². The Hall–Kier alpha value is -0.910. The number of hydrogen-bond donors (Lipinski definition) is 1. The maximum Gasteiger partial charge on any atom is 0.249 e. The van der Waals surface area contributed by atoms with E-state index in [1.807, 2.05) is 13.8 Å². The number of amides is 2. The lowest BCUT2D eigenvalue weighted by Gasteiger charge is -2.49. The molecule has 2 rings (SSSR count). The minimum atomic E-state index is -0.983. The molecule has 3 atom stereocenters. The maximum absolute atomic E-state index is 13.1. The summed E-state index contributed by atoms with van der Waals surface area (Å²) in [6, 6.07) is -0.596. The van der Waals surface area contributed by atoms with Gasteiger partial charge in [-0.05, 0) is 26.2 Å². The van der Waals surface area contributed by atoms with E-state index < -0.39 is 22.4 Å². The molecule has 21 heavy (non-hydrogen) atoms. The molecule has 5 nitrogen and oxygen atoms in total. The first-order valence-corrected chi connectivity index (χ1v) is 9.59. The highest BCUT2D eigenvalue weighted by molar-refractivity contribution is 7.84. The fraction of sp³-hybridized carbons (Fsp3) is 0.867. The number of nitrogens with one attached hydrogen (secondary N) is 1. The van der Waals surface area contributed by atoms with Crippen molar-refractivity contribution in [1.82, 2.24) is 10.2 Å². The molecular weight excluding hydrogens is 288 g/mol. The molecule has 2 aliphatic rings. The largest absolute Gasteiger partial charge is 0.340 e. The molecule has 1 spiro atoms. The minimum absolute atomic E-state index is 0.0339. The summed E-state index contributed by atoms with van der Waals surface area (Å²) in [6.07, 6.45) is 6.77. The smallest absolute Gasteiger partial charge is 0.249 e. The highest BCUT2D eigenvalue weighted by Crippen LogP contribution is 2.34. The highest BCUT2D eigenvalue weighted by Gasteiger charge is 2.51. The number of carbonyl (C=O) groups excluding carboxylic acids is 2. The predicted octanol–water partition coefficient (Wildman–Crippen LogP) is 1.19. The Kier molecular flexibility index (Phi) is 5.07. The Morgan fingerprint density at radius 3 is 2.48 bits per heavy atom. The zero-order valence-electron chi connectivity index (χ0n) is 13.2. The quantitative estimate of drug-likeness (QED) is 0.848. The molecule has 0 aromatic heterocycles. The van der Waals surface area contributed by atoms with Crippen LogP contribution in [0.25, 0.3) is 0 Å². The Morgan fingerprint density at radius 2 is 1.95 bits per heavy atom. The second-order valence-corrected chi connectivity index (χ2v) is 7.84. The normalized spacial score (nSPS) is 28.3. The third-order valence-corrected chi connectivity index (χ3v) is 5.64. The molecule has 0 radical (unpaired) electrons. The molecule has 1 heterocycles. The molecule has 1 aliphatic heterocycles. The number of hydrogen-bond acceptors (Lipinski definition) is 3. The molecule has 3 unspecified atom stereocenters. The van der Waals surface area contributed by atoms with Crippen molar-refractivity contribution >= 4 is 22.6 Å². The fourth-order valence-corrected chi connectivity index (χ4v) is 4.53. The molecule has 2 amide bonds. The van der Waals surface area contributed by atoms with Crippen LogP contribution in [0.1, 0.15) is 52.4 Å². The monoisotopic (exact) mass is 314 g/mol. The maximum atomic E-state index is 13.1. The van der Waals surface area contributed by atoms with Gasteiger partial charge in [0.25, 0.3) is 0 Å². The number of nitrogens with zero attached hydrogens (tertiary/aromatic N) is 1. The van der Waals surface area contributed by atoms with Gasteiger partial charge in [0.2, 0.25) is 11.8 Å². The van der Waals surface area contributed by atoms with Crippen molar-refractivity contribution in [2.45, 2.75) is 70.0 Å². The van der Waals surface area contributed by atoms with Crippen LogP contribution in [0.4, 0.5) is 0 Å². The van der Waals surface area contributed by atoms with Crippen LogP contribution in [-0.2, 0) is 20.4 Å². The molecule has 120 valence electrons. The molecule has 1 aliphatic carbocycles. The molecule has 0 bridgehead atoms. The van der Waals surface area contributed by atoms with Crippen molar-refractivity contribution in [2.24, 2.45) is 0 Å². The van der Waals surface area contributed by atoms with E-state index in [9.17, 15) is 13.8 Å². The van der Waals surface area contributed by atoms with Gasteiger partial charge in [0, 0.05) is 28.9 Å². The van der Waals surface area contributed by atoms with Crippen molar-refractivity contribution in [3.8, 4) is 0 Å². The molecular formula is C15H26N2O3S. The minimum Gasteiger partial charge on any atom is -0.340 e. The van der Waals surface area contributed by atoms with Gasteiger partial charge in [0.05, 0.1) is 0 Å². The van der Waals surface area contributed by atoms with Gasteiger partial charge in [-0.1, -0.05) is 26.2 Å². The SMILES string of the molecule is CCC1C(=O)NC2(CCCCC2)C(=O)N1C(C)CS(C)=O. The molecule has 0 aromatic carbocycles. The molecule has 1 saturated carbocycles. The van der Waals surface area contributed by atoms with Crippen molar-refractivity contribution in [2.75, 3.05) is 12.0 Å². The summed E-state index contributed by atoms with van der Waals surface area (Å²) < 4.78 is 11.5. The Balaban J connectivity index is 2.30. The van der Waals surface area contributed by atoms with Crippen molar-refractivity contribution < 1.29 is 13.8 Å². The van der Waals surface area contributed by atoms with Crippen molar-refractivity contribution in [1.29, 1.82) is 0 Å². The topological polar surface area (TPSA) is 66.5 Å². The average molecular weight is 314 g/mol. The highest BCUT2D eigenvalue weighted by atomic mass is 32.2. The van der Waals surface area contributed by atoms with E-state index in [4.69, 9.17) is 0 Å². The molecule has 2 fully saturated rings. The van der Waals surface area contributed by atoms with Crippen LogP contribution >= 0.6 is 0 Å². The zero-order valence-corrected chi connectivity index (χ0v) is 14.0. The van der Waals surface area contributed by atoms with E-state index in [0.29, 0.717) is 12.2 Å². The number of carbonyl (C=O) groups is 2. The van der Waals surface area contributed by atoms with Gasteiger partial charge >= 0.3 is 0 Å². The third kappa shape index (κ3) is 3.15. The number of rotatable bonds is 4. The predicted molar refractivity (Wildman–Crippen MR) is 83.3 cm³/mol. The second-order valence-electron chi connectivity index (χ2n) is 6.36. The fourth-order valence-electron chi connectivity index (χ4n) is 3.69. The van der Waals surface area contributed by atoms with Gasteiger partial charge in [-0.2, -0.15) is 0 Å². The Labute approximate surface area is 129 Å². The van der Waals surface area contributed by atoms with Crippen LogP contribution in [0.2, 0.25) is 0 Å². The van der Waals surface area contributed by atoms with Crippen LogP contribution in [0.3, 0.4) is 0 Å². The van der Waals surface area contributed by atoms with Crippen LogP contribution in [0.15, 0.2) is 0 Å². The van der Waals surface area contributed by atoms with Crippen LogP contribution in [-0.4, -0.2) is 50.6 Å². The first-order valence-electron chi connectivity index (χ1n) is 7.86. The summed E-state index contributed by atoms with van der Waals surface area (Å²) >= 11 is 0. The summed E-state index contributed by atoms with van der Waals surface area (Å²) in [7, 11) is -0.983. The number of piperazine rings is 1. The summed E-state index contributed by atoms with van der Waals surface area (Å²) in [4.78, 5) is 27.2. The van der Waals surface area contributed by atoms with Crippen LogP contribution in [0.5, 0.6) is 0 Å². The van der Waals surface area contributed by atoms with Crippen LogP contribution < -0.4 is 5.32 Å². The Morgan fingerprint density at radius 1 is 1.33 bits per heavy atom. The lowest BCUT2D eigenvalue weighted by molar-refractivity contribution is -0.158. The average Bonchev–Trinajstić information content (AvgIpc) is 2.42. The van der Waals surface area contributed by atoms with E-state index in [-0.39, 0.29) is 17.9 Å². The standard InChI is InChI=1S/C15H26N2O3S/c1-4-12-13(18)16-15(8-6-5-7-9-15)14(19)17(12)11(2)10-21(3)20/h11-12H,4-10H2,1-3H3,(H,16,18). The van der Waals surface area contributed by atoms with Gasteiger partial charge in [-0.15, -0.1) is 0 Å². The Bertz CT molecular complexity index is 446. The second kappa shape index (κ2) is 6.46. The lowest BCUT2D eigenvalue weighted by Crippen LogP contribution is -2.72. The summed E-state index contributed by atoms with van der Waals surface area (Å²) in [5.41, 5.74) is -0.704.